The van der Waals surface area contributed by atoms with Crippen LogP contribution in [0.5, 0.6) is 5.75 Å². The average molecular weight is 711 g/mol. The van der Waals surface area contributed by atoms with Crippen LogP contribution in [0.15, 0.2) is 127 Å². The molecule has 0 atom stereocenters. The standard InChI is InChI=1S/C43H43ClN6O2/c1-42(2,3)31-24-26-49(27-25-31)41(51)45-35-21-22-36(30-20-23-39(52-4)38(44)28-30)37(29-35)40-46-48-50(47-40)43(32-14-8-5-9-15-32,33-16-10-6-11-17-33)34-18-12-7-13-19-34/h5-23,28-29,31H,24-27H2,1-4H3,(H,45,51). The number of anilines is 1. The van der Waals surface area contributed by atoms with Crippen molar-refractivity contribution >= 4 is 23.3 Å². The molecule has 6 aromatic rings. The lowest BCUT2D eigenvalue weighted by Crippen LogP contribution is -2.43. The zero-order valence-electron chi connectivity index (χ0n) is 30.0. The Bertz CT molecular complexity index is 2040. The van der Waals surface area contributed by atoms with Crippen molar-refractivity contribution in [3.63, 3.8) is 0 Å². The van der Waals surface area contributed by atoms with Crippen molar-refractivity contribution in [2.24, 2.45) is 11.3 Å². The number of ether oxygens (including phenoxy) is 1. The van der Waals surface area contributed by atoms with Gasteiger partial charge in [-0.05, 0) is 81.5 Å². The maximum atomic E-state index is 13.6. The lowest BCUT2D eigenvalue weighted by Gasteiger charge is -2.38. The van der Waals surface area contributed by atoms with Gasteiger partial charge in [-0.3, -0.25) is 0 Å². The maximum Gasteiger partial charge on any atom is 0.321 e. The molecule has 264 valence electrons. The van der Waals surface area contributed by atoms with Crippen LogP contribution in [0.2, 0.25) is 5.02 Å². The summed E-state index contributed by atoms with van der Waals surface area (Å²) in [5.41, 5.74) is 5.24. The van der Waals surface area contributed by atoms with Crippen molar-refractivity contribution in [2.45, 2.75) is 39.2 Å². The molecule has 2 amide bonds. The van der Waals surface area contributed by atoms with Gasteiger partial charge in [0.25, 0.3) is 0 Å². The summed E-state index contributed by atoms with van der Waals surface area (Å²) in [4.78, 5) is 17.2. The Hall–Kier alpha value is -5.47. The number of halogens is 1. The Morgan fingerprint density at radius 2 is 1.35 bits per heavy atom. The van der Waals surface area contributed by atoms with Crippen LogP contribution in [-0.2, 0) is 5.54 Å². The number of tetrazole rings is 1. The van der Waals surface area contributed by atoms with Crippen molar-refractivity contribution in [3.8, 4) is 28.3 Å². The Labute approximate surface area is 310 Å². The van der Waals surface area contributed by atoms with E-state index in [1.807, 2.05) is 95.9 Å². The summed E-state index contributed by atoms with van der Waals surface area (Å²) < 4.78 is 5.44. The van der Waals surface area contributed by atoms with E-state index in [2.05, 4.69) is 62.5 Å². The molecule has 0 saturated carbocycles. The Kier molecular flexibility index (Phi) is 9.84. The summed E-state index contributed by atoms with van der Waals surface area (Å²) in [6, 6.07) is 42.0. The molecule has 0 spiro atoms. The van der Waals surface area contributed by atoms with Crippen molar-refractivity contribution < 1.29 is 9.53 Å². The number of piperidine rings is 1. The number of carbonyl (C=O) groups excluding carboxylic acids is 1. The number of carbonyl (C=O) groups is 1. The van der Waals surface area contributed by atoms with Crippen molar-refractivity contribution in [1.29, 1.82) is 0 Å². The number of hydrogen-bond donors (Lipinski definition) is 1. The van der Waals surface area contributed by atoms with Gasteiger partial charge >= 0.3 is 6.03 Å². The summed E-state index contributed by atoms with van der Waals surface area (Å²) in [5.74, 6) is 1.56. The number of urea groups is 1. The molecular formula is C43H43ClN6O2. The monoisotopic (exact) mass is 710 g/mol. The normalized spacial score (nSPS) is 13.9. The average Bonchev–Trinajstić information content (AvgIpc) is 3.67. The van der Waals surface area contributed by atoms with E-state index in [9.17, 15) is 4.79 Å². The van der Waals surface area contributed by atoms with Crippen molar-refractivity contribution in [1.82, 2.24) is 25.1 Å². The molecule has 1 aliphatic rings. The van der Waals surface area contributed by atoms with Crippen LogP contribution in [0.25, 0.3) is 22.5 Å². The lowest BCUT2D eigenvalue weighted by atomic mass is 9.75. The molecule has 7 rings (SSSR count). The van der Waals surface area contributed by atoms with Gasteiger partial charge in [-0.15, -0.1) is 15.0 Å². The second kappa shape index (κ2) is 14.6. The third kappa shape index (κ3) is 6.78. The zero-order valence-corrected chi connectivity index (χ0v) is 30.7. The van der Waals surface area contributed by atoms with Crippen molar-refractivity contribution in [2.75, 3.05) is 25.5 Å². The molecule has 1 fully saturated rings. The van der Waals surface area contributed by atoms with Crippen LogP contribution >= 0.6 is 11.6 Å². The lowest BCUT2D eigenvalue weighted by molar-refractivity contribution is 0.128. The minimum absolute atomic E-state index is 0.119. The number of methoxy groups -OCH3 is 1. The van der Waals surface area contributed by atoms with E-state index in [4.69, 9.17) is 31.7 Å². The van der Waals surface area contributed by atoms with Gasteiger partial charge in [0, 0.05) is 24.3 Å². The molecule has 1 aliphatic heterocycles. The molecule has 2 heterocycles. The highest BCUT2D eigenvalue weighted by Crippen LogP contribution is 2.42. The first-order valence-electron chi connectivity index (χ1n) is 17.7. The number of benzene rings is 5. The smallest absolute Gasteiger partial charge is 0.321 e. The minimum atomic E-state index is -0.941. The van der Waals surface area contributed by atoms with E-state index in [-0.39, 0.29) is 11.4 Å². The number of nitrogens with one attached hydrogen (secondary N) is 1. The molecule has 0 radical (unpaired) electrons. The van der Waals surface area contributed by atoms with Crippen LogP contribution in [-0.4, -0.2) is 51.3 Å². The molecule has 1 N–H and O–H groups in total. The highest BCUT2D eigenvalue weighted by molar-refractivity contribution is 6.32. The van der Waals surface area contributed by atoms with Crippen LogP contribution in [0.1, 0.15) is 50.3 Å². The molecule has 0 bridgehead atoms. The summed E-state index contributed by atoms with van der Waals surface area (Å²) in [6.45, 7) is 8.28. The molecule has 1 aromatic heterocycles. The van der Waals surface area contributed by atoms with Gasteiger partial charge < -0.3 is 15.0 Å². The predicted octanol–water partition coefficient (Wildman–Crippen LogP) is 9.80. The summed E-state index contributed by atoms with van der Waals surface area (Å²) in [7, 11) is 1.59. The fourth-order valence-corrected chi connectivity index (χ4v) is 7.65. The highest BCUT2D eigenvalue weighted by atomic mass is 35.5. The van der Waals surface area contributed by atoms with Gasteiger partial charge in [0.1, 0.15) is 5.75 Å². The molecular weight excluding hydrogens is 668 g/mol. The van der Waals surface area contributed by atoms with Gasteiger partial charge in [0.2, 0.25) is 5.82 Å². The summed E-state index contributed by atoms with van der Waals surface area (Å²) in [5, 5.41) is 18.3. The van der Waals surface area contributed by atoms with Gasteiger partial charge in [0.05, 0.1) is 12.1 Å². The van der Waals surface area contributed by atoms with E-state index in [0.29, 0.717) is 33.8 Å². The molecule has 8 nitrogen and oxygen atoms in total. The minimum Gasteiger partial charge on any atom is -0.495 e. The Morgan fingerprint density at radius 1 is 0.769 bits per heavy atom. The molecule has 9 heteroatoms. The topological polar surface area (TPSA) is 85.2 Å². The van der Waals surface area contributed by atoms with E-state index in [1.165, 1.54) is 0 Å². The Balaban J connectivity index is 1.34. The van der Waals surface area contributed by atoms with E-state index < -0.39 is 5.54 Å². The molecule has 52 heavy (non-hydrogen) atoms. The van der Waals surface area contributed by atoms with Gasteiger partial charge in [-0.2, -0.15) is 0 Å². The maximum absolute atomic E-state index is 13.6. The van der Waals surface area contributed by atoms with Crippen LogP contribution < -0.4 is 10.1 Å². The fraction of sp³-hybridized carbons (Fsp3) is 0.256. The highest BCUT2D eigenvalue weighted by Gasteiger charge is 2.41. The van der Waals surface area contributed by atoms with E-state index in [0.717, 1.165) is 53.7 Å². The zero-order chi connectivity index (χ0) is 36.3. The number of hydrogen-bond acceptors (Lipinski definition) is 5. The number of nitrogens with zero attached hydrogens (tertiary/aromatic N) is 5. The molecule has 0 aliphatic carbocycles. The van der Waals surface area contributed by atoms with Crippen LogP contribution in [0.3, 0.4) is 0 Å². The predicted molar refractivity (Wildman–Crippen MR) is 208 cm³/mol. The van der Waals surface area contributed by atoms with Gasteiger partial charge in [-0.25, -0.2) is 4.79 Å². The van der Waals surface area contributed by atoms with Gasteiger partial charge in [-0.1, -0.05) is 136 Å². The van der Waals surface area contributed by atoms with Crippen LogP contribution in [0.4, 0.5) is 10.5 Å². The fourth-order valence-electron chi connectivity index (χ4n) is 7.39. The quantitative estimate of drug-likeness (QED) is 0.159. The summed E-state index contributed by atoms with van der Waals surface area (Å²) in [6.07, 6.45) is 1.97. The molecule has 5 aromatic carbocycles. The SMILES string of the molecule is COc1ccc(-c2ccc(NC(=O)N3CCC(C(C)(C)C)CC3)cc2-c2nnn(C(c3ccccc3)(c3ccccc3)c3ccccc3)n2)cc1Cl. The summed E-state index contributed by atoms with van der Waals surface area (Å²) >= 11 is 6.63. The number of amides is 2. The second-order valence-corrected chi connectivity index (χ2v) is 14.8. The largest absolute Gasteiger partial charge is 0.495 e. The first kappa shape index (κ1) is 35.0. The van der Waals surface area contributed by atoms with E-state index >= 15 is 0 Å². The third-order valence-electron chi connectivity index (χ3n) is 10.3. The third-order valence-corrected chi connectivity index (χ3v) is 10.6. The van der Waals surface area contributed by atoms with E-state index in [1.54, 1.807) is 11.9 Å². The van der Waals surface area contributed by atoms with Gasteiger partial charge in [0.15, 0.2) is 5.54 Å². The number of rotatable bonds is 8. The number of aromatic nitrogens is 4. The Morgan fingerprint density at radius 3 is 1.87 bits per heavy atom. The molecule has 1 saturated heterocycles. The first-order valence-corrected chi connectivity index (χ1v) is 18.1. The van der Waals surface area contributed by atoms with Crippen molar-refractivity contribution in [3.05, 3.63) is 149 Å². The second-order valence-electron chi connectivity index (χ2n) is 14.4. The number of likely N-dealkylation sites (tertiary alicyclic amines) is 1. The first-order chi connectivity index (χ1) is 25.2. The van der Waals surface area contributed by atoms with Crippen LogP contribution in [0, 0.1) is 11.3 Å². The molecule has 0 unspecified atom stereocenters.